The summed E-state index contributed by atoms with van der Waals surface area (Å²) in [5.41, 5.74) is 0. The third kappa shape index (κ3) is 5.29. The molecule has 126 valence electrons. The molecule has 1 heterocycles. The summed E-state index contributed by atoms with van der Waals surface area (Å²) in [5.74, 6) is 0.653. The first-order valence-corrected chi connectivity index (χ1v) is 8.62. The van der Waals surface area contributed by atoms with E-state index in [9.17, 15) is 4.79 Å². The van der Waals surface area contributed by atoms with E-state index in [2.05, 4.69) is 22.2 Å². The van der Waals surface area contributed by atoms with Gasteiger partial charge in [0.2, 0.25) is 0 Å². The fourth-order valence-electron chi connectivity index (χ4n) is 3.42. The number of nitrogens with zero attached hydrogens (tertiary/aromatic N) is 2. The Kier molecular flexibility index (Phi) is 6.70. The van der Waals surface area contributed by atoms with Crippen LogP contribution >= 0.6 is 0 Å². The minimum atomic E-state index is -0.310. The minimum Gasteiger partial charge on any atom is -0.416 e. The van der Waals surface area contributed by atoms with E-state index >= 15 is 0 Å². The third-order valence-electron chi connectivity index (χ3n) is 4.95. The van der Waals surface area contributed by atoms with Crippen LogP contribution in [0.1, 0.15) is 46.0 Å². The number of amides is 1. The third-order valence-corrected chi connectivity index (χ3v) is 4.95. The second kappa shape index (κ2) is 8.53. The first-order chi connectivity index (χ1) is 10.6. The second-order valence-electron chi connectivity index (χ2n) is 6.63. The molecule has 1 saturated carbocycles. The average Bonchev–Trinajstić information content (AvgIpc) is 2.72. The fraction of sp³-hybridized carbons (Fsp3) is 0.824. The van der Waals surface area contributed by atoms with Gasteiger partial charge >= 0.3 is 6.09 Å². The smallest absolute Gasteiger partial charge is 0.412 e. The molecule has 1 N–H and O–H groups in total. The SMILES string of the molecule is C/C=C(\C)OC(=O)N[C@H]1CC[C@H](N2CCCN(C)CC2)CC1. The van der Waals surface area contributed by atoms with Crippen molar-refractivity contribution in [3.8, 4) is 0 Å². The molecule has 0 aromatic rings. The van der Waals surface area contributed by atoms with Gasteiger partial charge in [-0.15, -0.1) is 0 Å². The van der Waals surface area contributed by atoms with Gasteiger partial charge in [-0.1, -0.05) is 0 Å². The van der Waals surface area contributed by atoms with Crippen molar-refractivity contribution in [1.82, 2.24) is 15.1 Å². The number of hydrogen-bond acceptors (Lipinski definition) is 4. The summed E-state index contributed by atoms with van der Waals surface area (Å²) in [5, 5.41) is 3.00. The van der Waals surface area contributed by atoms with Crippen molar-refractivity contribution in [2.75, 3.05) is 33.2 Å². The van der Waals surface area contributed by atoms with Crippen molar-refractivity contribution < 1.29 is 9.53 Å². The average molecular weight is 309 g/mol. The van der Waals surface area contributed by atoms with Crippen LogP contribution in [0.15, 0.2) is 11.8 Å². The van der Waals surface area contributed by atoms with Gasteiger partial charge < -0.3 is 15.0 Å². The lowest BCUT2D eigenvalue weighted by Crippen LogP contribution is -2.45. The van der Waals surface area contributed by atoms with Gasteiger partial charge in [-0.25, -0.2) is 4.79 Å². The molecule has 22 heavy (non-hydrogen) atoms. The maximum atomic E-state index is 11.8. The van der Waals surface area contributed by atoms with Crippen LogP contribution in [0.2, 0.25) is 0 Å². The van der Waals surface area contributed by atoms with Crippen molar-refractivity contribution in [2.45, 2.75) is 58.0 Å². The molecule has 1 saturated heterocycles. The summed E-state index contributed by atoms with van der Waals surface area (Å²) in [6.45, 7) is 8.45. The molecular formula is C17H31N3O2. The number of carbonyl (C=O) groups excluding carboxylic acids is 1. The predicted octanol–water partition coefficient (Wildman–Crippen LogP) is 2.59. The van der Waals surface area contributed by atoms with Gasteiger partial charge in [0.05, 0.1) is 0 Å². The Morgan fingerprint density at radius 3 is 2.55 bits per heavy atom. The summed E-state index contributed by atoms with van der Waals surface area (Å²) in [6.07, 6.45) is 7.22. The molecular weight excluding hydrogens is 278 g/mol. The topological polar surface area (TPSA) is 44.8 Å². The summed E-state index contributed by atoms with van der Waals surface area (Å²) >= 11 is 0. The molecule has 0 atom stereocenters. The van der Waals surface area contributed by atoms with Crippen LogP contribution in [0.3, 0.4) is 0 Å². The zero-order chi connectivity index (χ0) is 15.9. The molecule has 0 radical (unpaired) electrons. The van der Waals surface area contributed by atoms with Crippen LogP contribution in [-0.4, -0.2) is 61.2 Å². The molecule has 0 aromatic heterocycles. The lowest BCUT2D eigenvalue weighted by Gasteiger charge is -2.36. The molecule has 0 aromatic carbocycles. The highest BCUT2D eigenvalue weighted by molar-refractivity contribution is 5.68. The van der Waals surface area contributed by atoms with Crippen LogP contribution in [0.4, 0.5) is 4.79 Å². The van der Waals surface area contributed by atoms with Crippen LogP contribution in [0.25, 0.3) is 0 Å². The molecule has 5 heteroatoms. The van der Waals surface area contributed by atoms with Crippen molar-refractivity contribution in [3.05, 3.63) is 11.8 Å². The number of likely N-dealkylation sites (N-methyl/N-ethyl adjacent to an activating group) is 1. The second-order valence-corrected chi connectivity index (χ2v) is 6.63. The van der Waals surface area contributed by atoms with Crippen LogP contribution in [0, 0.1) is 0 Å². The number of carbonyl (C=O) groups is 1. The van der Waals surface area contributed by atoms with Gasteiger partial charge in [0.15, 0.2) is 0 Å². The number of rotatable bonds is 3. The fourth-order valence-corrected chi connectivity index (χ4v) is 3.42. The van der Waals surface area contributed by atoms with E-state index in [4.69, 9.17) is 4.74 Å². The molecule has 2 fully saturated rings. The molecule has 1 aliphatic carbocycles. The first kappa shape index (κ1) is 17.3. The zero-order valence-corrected chi connectivity index (χ0v) is 14.3. The summed E-state index contributed by atoms with van der Waals surface area (Å²) in [7, 11) is 2.21. The Balaban J connectivity index is 1.72. The molecule has 5 nitrogen and oxygen atoms in total. The lowest BCUT2D eigenvalue weighted by molar-refractivity contribution is 0.138. The highest BCUT2D eigenvalue weighted by Gasteiger charge is 2.27. The summed E-state index contributed by atoms with van der Waals surface area (Å²) in [4.78, 5) is 16.8. The van der Waals surface area contributed by atoms with Crippen LogP contribution in [-0.2, 0) is 4.74 Å². The zero-order valence-electron chi connectivity index (χ0n) is 14.3. The maximum Gasteiger partial charge on any atom is 0.412 e. The quantitative estimate of drug-likeness (QED) is 0.814. The molecule has 2 rings (SSSR count). The van der Waals surface area contributed by atoms with Crippen molar-refractivity contribution >= 4 is 6.09 Å². The Morgan fingerprint density at radius 1 is 1.14 bits per heavy atom. The normalized spacial score (nSPS) is 29.0. The Labute approximate surface area is 134 Å². The number of alkyl carbamates (subject to hydrolysis) is 1. The van der Waals surface area contributed by atoms with Crippen molar-refractivity contribution in [2.24, 2.45) is 0 Å². The van der Waals surface area contributed by atoms with Gasteiger partial charge in [-0.2, -0.15) is 0 Å². The monoisotopic (exact) mass is 309 g/mol. The van der Waals surface area contributed by atoms with Gasteiger partial charge in [0.1, 0.15) is 5.76 Å². The van der Waals surface area contributed by atoms with Gasteiger partial charge in [0, 0.05) is 25.2 Å². The largest absolute Gasteiger partial charge is 0.416 e. The van der Waals surface area contributed by atoms with Crippen molar-refractivity contribution in [1.29, 1.82) is 0 Å². The first-order valence-electron chi connectivity index (χ1n) is 8.62. The van der Waals surface area contributed by atoms with E-state index in [-0.39, 0.29) is 12.1 Å². The molecule has 2 aliphatic rings. The Morgan fingerprint density at radius 2 is 1.86 bits per heavy atom. The maximum absolute atomic E-state index is 11.8. The van der Waals surface area contributed by atoms with E-state index in [1.807, 2.05) is 6.92 Å². The van der Waals surface area contributed by atoms with E-state index in [1.165, 1.54) is 45.4 Å². The van der Waals surface area contributed by atoms with Crippen LogP contribution in [0.5, 0.6) is 0 Å². The molecule has 1 aliphatic heterocycles. The van der Waals surface area contributed by atoms with E-state index in [1.54, 1.807) is 13.0 Å². The molecule has 0 bridgehead atoms. The lowest BCUT2D eigenvalue weighted by atomic mass is 9.90. The Hall–Kier alpha value is -1.07. The van der Waals surface area contributed by atoms with E-state index < -0.39 is 0 Å². The minimum absolute atomic E-state index is 0.267. The number of hydrogen-bond donors (Lipinski definition) is 1. The van der Waals surface area contributed by atoms with Crippen LogP contribution < -0.4 is 5.32 Å². The van der Waals surface area contributed by atoms with Crippen molar-refractivity contribution in [3.63, 3.8) is 0 Å². The number of nitrogens with one attached hydrogen (secondary N) is 1. The predicted molar refractivity (Wildman–Crippen MR) is 88.8 cm³/mol. The number of ether oxygens (including phenoxy) is 1. The summed E-state index contributed by atoms with van der Waals surface area (Å²) in [6, 6.07) is 0.959. The molecule has 0 spiro atoms. The molecule has 1 amide bonds. The van der Waals surface area contributed by atoms with E-state index in [0.29, 0.717) is 11.8 Å². The number of allylic oxidation sites excluding steroid dienone is 2. The highest BCUT2D eigenvalue weighted by Crippen LogP contribution is 2.24. The van der Waals surface area contributed by atoms with Gasteiger partial charge in [0.25, 0.3) is 0 Å². The van der Waals surface area contributed by atoms with Gasteiger partial charge in [-0.05, 0) is 72.2 Å². The van der Waals surface area contributed by atoms with E-state index in [0.717, 1.165) is 12.8 Å². The standard InChI is InChI=1S/C17H31N3O2/c1-4-14(2)22-17(21)18-15-6-8-16(9-7-15)20-11-5-10-19(3)12-13-20/h4,15-16H,5-13H2,1-3H3,(H,18,21)/b14-4+/t15-,16-. The Bertz CT molecular complexity index is 389. The summed E-state index contributed by atoms with van der Waals surface area (Å²) < 4.78 is 5.17. The highest BCUT2D eigenvalue weighted by atomic mass is 16.6. The molecule has 0 unspecified atom stereocenters. The van der Waals surface area contributed by atoms with Gasteiger partial charge in [-0.3, -0.25) is 4.90 Å².